The van der Waals surface area contributed by atoms with Crippen LogP contribution in [0.3, 0.4) is 0 Å². The predicted octanol–water partition coefficient (Wildman–Crippen LogP) is 3.42. The Labute approximate surface area is 91.6 Å². The van der Waals surface area contributed by atoms with E-state index in [2.05, 4.69) is 30.9 Å². The molecule has 0 bridgehead atoms. The second-order valence-electron chi connectivity index (χ2n) is 3.71. The van der Waals surface area contributed by atoms with Gasteiger partial charge in [-0.3, -0.25) is 0 Å². The Balaban J connectivity index is 2.39. The molecule has 0 saturated carbocycles. The largest absolute Gasteiger partial charge is 0.346 e. The molecule has 1 heterocycles. The molecule has 2 heteroatoms. The highest BCUT2D eigenvalue weighted by Crippen LogP contribution is 2.28. The summed E-state index contributed by atoms with van der Waals surface area (Å²) in [4.78, 5) is 2.21. The maximum absolute atomic E-state index is 4.09. The van der Waals surface area contributed by atoms with Crippen molar-refractivity contribution in [3.63, 3.8) is 0 Å². The van der Waals surface area contributed by atoms with Gasteiger partial charge in [-0.2, -0.15) is 11.8 Å². The van der Waals surface area contributed by atoms with E-state index in [1.807, 2.05) is 11.8 Å². The van der Waals surface area contributed by atoms with Gasteiger partial charge in [-0.25, -0.2) is 0 Å². The third-order valence-corrected chi connectivity index (χ3v) is 3.12. The van der Waals surface area contributed by atoms with E-state index in [1.54, 1.807) is 0 Å². The van der Waals surface area contributed by atoms with E-state index in [1.165, 1.54) is 17.0 Å². The van der Waals surface area contributed by atoms with E-state index >= 15 is 0 Å². The Morgan fingerprint density at radius 3 is 2.43 bits per heavy atom. The zero-order valence-corrected chi connectivity index (χ0v) is 9.83. The highest BCUT2D eigenvalue weighted by Gasteiger charge is 2.18. The van der Waals surface area contributed by atoms with Crippen molar-refractivity contribution in [3.05, 3.63) is 36.7 Å². The fourth-order valence-corrected chi connectivity index (χ4v) is 2.05. The molecule has 1 nitrogen and oxygen atoms in total. The molecule has 1 aliphatic heterocycles. The van der Waals surface area contributed by atoms with Crippen LogP contribution in [0.1, 0.15) is 19.3 Å². The first-order chi connectivity index (χ1) is 6.65. The van der Waals surface area contributed by atoms with Crippen LogP contribution >= 0.6 is 11.8 Å². The number of allylic oxidation sites excluding steroid dienone is 2. The van der Waals surface area contributed by atoms with Gasteiger partial charge in [0.1, 0.15) is 0 Å². The van der Waals surface area contributed by atoms with Crippen molar-refractivity contribution in [2.24, 2.45) is 0 Å². The molecule has 0 unspecified atom stereocenters. The average Bonchev–Trinajstić information content (AvgIpc) is 2.46. The van der Waals surface area contributed by atoms with Crippen LogP contribution in [0.4, 0.5) is 0 Å². The van der Waals surface area contributed by atoms with Crippen LogP contribution in [0.25, 0.3) is 0 Å². The van der Waals surface area contributed by atoms with Crippen molar-refractivity contribution >= 4 is 11.8 Å². The summed E-state index contributed by atoms with van der Waals surface area (Å²) in [6, 6.07) is 0. The molecular formula is C12H19NS. The lowest BCUT2D eigenvalue weighted by Crippen LogP contribution is -2.18. The molecule has 0 aliphatic carbocycles. The van der Waals surface area contributed by atoms with Crippen LogP contribution in [-0.4, -0.2) is 23.5 Å². The lowest BCUT2D eigenvalue weighted by atomic mass is 10.2. The molecule has 0 aromatic rings. The molecule has 0 spiro atoms. The van der Waals surface area contributed by atoms with Gasteiger partial charge in [0.2, 0.25) is 0 Å². The molecule has 1 rings (SSSR count). The van der Waals surface area contributed by atoms with Crippen molar-refractivity contribution in [1.29, 1.82) is 0 Å². The Morgan fingerprint density at radius 1 is 1.36 bits per heavy atom. The molecule has 0 N–H and O–H groups in total. The topological polar surface area (TPSA) is 3.24 Å². The predicted molar refractivity (Wildman–Crippen MR) is 66.4 cm³/mol. The van der Waals surface area contributed by atoms with Crippen LogP contribution in [0, 0.1) is 0 Å². The summed E-state index contributed by atoms with van der Waals surface area (Å²) < 4.78 is 0. The number of likely N-dealkylation sites (tertiary alicyclic amines) is 1. The molecule has 14 heavy (non-hydrogen) atoms. The fourth-order valence-electron chi connectivity index (χ4n) is 1.55. The van der Waals surface area contributed by atoms with Crippen molar-refractivity contribution < 1.29 is 0 Å². The first-order valence-corrected chi connectivity index (χ1v) is 6.33. The number of hydrogen-bond acceptors (Lipinski definition) is 2. The van der Waals surface area contributed by atoms with Gasteiger partial charge in [0.05, 0.1) is 0 Å². The minimum absolute atomic E-state index is 0.915. The van der Waals surface area contributed by atoms with Gasteiger partial charge >= 0.3 is 0 Å². The zero-order valence-electron chi connectivity index (χ0n) is 9.01. The van der Waals surface area contributed by atoms with E-state index < -0.39 is 0 Å². The summed E-state index contributed by atoms with van der Waals surface area (Å²) in [5.41, 5.74) is 3.67. The SMILES string of the molecule is C=C(CCSC)CN1C(=C)CCC1=C. The fraction of sp³-hybridized carbons (Fsp3) is 0.500. The molecule has 1 fully saturated rings. The number of nitrogens with zero attached hydrogens (tertiary/aromatic N) is 1. The van der Waals surface area contributed by atoms with Crippen LogP contribution in [0.5, 0.6) is 0 Å². The van der Waals surface area contributed by atoms with Gasteiger partial charge in [0.25, 0.3) is 0 Å². The summed E-state index contributed by atoms with van der Waals surface area (Å²) in [5.74, 6) is 1.16. The second-order valence-corrected chi connectivity index (χ2v) is 4.70. The normalized spacial score (nSPS) is 16.5. The first-order valence-electron chi connectivity index (χ1n) is 4.94. The van der Waals surface area contributed by atoms with Gasteiger partial charge in [-0.1, -0.05) is 25.3 Å². The van der Waals surface area contributed by atoms with Crippen molar-refractivity contribution in [3.8, 4) is 0 Å². The van der Waals surface area contributed by atoms with Crippen LogP contribution < -0.4 is 0 Å². The minimum Gasteiger partial charge on any atom is -0.346 e. The minimum atomic E-state index is 0.915. The monoisotopic (exact) mass is 209 g/mol. The van der Waals surface area contributed by atoms with Crippen LogP contribution in [0.2, 0.25) is 0 Å². The average molecular weight is 209 g/mol. The molecule has 78 valence electrons. The number of thioether (sulfide) groups is 1. The van der Waals surface area contributed by atoms with Gasteiger partial charge in [-0.05, 0) is 31.3 Å². The van der Waals surface area contributed by atoms with E-state index in [9.17, 15) is 0 Å². The number of hydrogen-bond donors (Lipinski definition) is 0. The molecular weight excluding hydrogens is 190 g/mol. The van der Waals surface area contributed by atoms with Gasteiger partial charge in [0.15, 0.2) is 0 Å². The van der Waals surface area contributed by atoms with Gasteiger partial charge in [0, 0.05) is 17.9 Å². The lowest BCUT2D eigenvalue weighted by molar-refractivity contribution is 0.494. The molecule has 0 aromatic carbocycles. The first kappa shape index (κ1) is 11.4. The maximum Gasteiger partial charge on any atom is 0.0432 e. The van der Waals surface area contributed by atoms with Crippen molar-refractivity contribution in [2.45, 2.75) is 19.3 Å². The van der Waals surface area contributed by atoms with Crippen molar-refractivity contribution in [2.75, 3.05) is 18.6 Å². The summed E-state index contributed by atoms with van der Waals surface area (Å²) in [7, 11) is 0. The standard InChI is InChI=1S/C12H19NS/c1-10(7-8-14-4)9-13-11(2)5-6-12(13)3/h1-3,5-9H2,4H3. The van der Waals surface area contributed by atoms with E-state index in [0.29, 0.717) is 0 Å². The summed E-state index contributed by atoms with van der Waals surface area (Å²) in [5, 5.41) is 0. The molecule has 1 saturated heterocycles. The highest BCUT2D eigenvalue weighted by molar-refractivity contribution is 7.98. The molecule has 0 atom stereocenters. The lowest BCUT2D eigenvalue weighted by Gasteiger charge is -2.21. The van der Waals surface area contributed by atoms with Crippen molar-refractivity contribution in [1.82, 2.24) is 4.90 Å². The summed E-state index contributed by atoms with van der Waals surface area (Å²) in [6.45, 7) is 13.1. The quantitative estimate of drug-likeness (QED) is 0.638. The second kappa shape index (κ2) is 5.30. The maximum atomic E-state index is 4.09. The van der Waals surface area contributed by atoms with Crippen LogP contribution in [0.15, 0.2) is 36.7 Å². The molecule has 0 aromatic heterocycles. The van der Waals surface area contributed by atoms with Crippen LogP contribution in [-0.2, 0) is 0 Å². The zero-order chi connectivity index (χ0) is 10.6. The third kappa shape index (κ3) is 2.95. The Bertz CT molecular complexity index is 239. The van der Waals surface area contributed by atoms with Gasteiger partial charge < -0.3 is 4.90 Å². The Hall–Kier alpha value is -0.630. The Morgan fingerprint density at radius 2 is 1.93 bits per heavy atom. The third-order valence-electron chi connectivity index (χ3n) is 2.51. The van der Waals surface area contributed by atoms with E-state index in [4.69, 9.17) is 0 Å². The smallest absolute Gasteiger partial charge is 0.0432 e. The Kier molecular flexibility index (Phi) is 4.33. The molecule has 0 radical (unpaired) electrons. The van der Waals surface area contributed by atoms with E-state index in [0.717, 1.165) is 31.6 Å². The molecule has 1 aliphatic rings. The van der Waals surface area contributed by atoms with E-state index in [-0.39, 0.29) is 0 Å². The highest BCUT2D eigenvalue weighted by atomic mass is 32.2. The molecule has 0 amide bonds. The summed E-state index contributed by atoms with van der Waals surface area (Å²) in [6.07, 6.45) is 5.35. The summed E-state index contributed by atoms with van der Waals surface area (Å²) >= 11 is 1.87. The van der Waals surface area contributed by atoms with Gasteiger partial charge in [-0.15, -0.1) is 0 Å². The number of rotatable bonds is 5.